The fourth-order valence-corrected chi connectivity index (χ4v) is 1.61. The Kier molecular flexibility index (Phi) is 4.37. The molecular formula is C13H19NO. The average Bonchev–Trinajstić information content (AvgIpc) is 2.22. The van der Waals surface area contributed by atoms with E-state index in [1.807, 2.05) is 0 Å². The Hall–Kier alpha value is -1.28. The van der Waals surface area contributed by atoms with E-state index in [1.54, 1.807) is 7.11 Å². The van der Waals surface area contributed by atoms with E-state index in [2.05, 4.69) is 38.1 Å². The van der Waals surface area contributed by atoms with Gasteiger partial charge >= 0.3 is 0 Å². The maximum absolute atomic E-state index is 5.44. The number of hydrogen-bond acceptors (Lipinski definition) is 2. The highest BCUT2D eigenvalue weighted by Gasteiger charge is 2.01. The Morgan fingerprint density at radius 2 is 1.87 bits per heavy atom. The quantitative estimate of drug-likeness (QED) is 0.820. The average molecular weight is 205 g/mol. The fraction of sp³-hybridized carbons (Fsp3) is 0.385. The molecule has 0 amide bonds. The van der Waals surface area contributed by atoms with Crippen LogP contribution in [0.2, 0.25) is 0 Å². The molecule has 0 saturated carbocycles. The second kappa shape index (κ2) is 5.56. The van der Waals surface area contributed by atoms with Crippen molar-refractivity contribution in [3.63, 3.8) is 0 Å². The molecule has 1 aromatic rings. The van der Waals surface area contributed by atoms with Crippen molar-refractivity contribution in [2.45, 2.75) is 20.3 Å². The van der Waals surface area contributed by atoms with E-state index in [4.69, 9.17) is 10.5 Å². The van der Waals surface area contributed by atoms with Crippen LogP contribution in [0, 0.1) is 13.8 Å². The molecule has 82 valence electrons. The number of aryl methyl sites for hydroxylation is 2. The summed E-state index contributed by atoms with van der Waals surface area (Å²) in [6, 6.07) is 4.10. The lowest BCUT2D eigenvalue weighted by Gasteiger charge is -2.08. The van der Waals surface area contributed by atoms with E-state index in [-0.39, 0.29) is 0 Å². The molecule has 0 aromatic heterocycles. The maximum Gasteiger partial charge on any atom is 0.119 e. The van der Waals surface area contributed by atoms with Gasteiger partial charge in [-0.25, -0.2) is 0 Å². The standard InChI is InChI=1S/C13H19NO/c1-10-8-12(15-3)9-11(2)13(10)6-4-5-7-14/h4,6,8-9H,5,7,14H2,1-3H3. The van der Waals surface area contributed by atoms with Crippen LogP contribution < -0.4 is 10.5 Å². The zero-order valence-electron chi connectivity index (χ0n) is 9.71. The van der Waals surface area contributed by atoms with Gasteiger partial charge in [0.1, 0.15) is 5.75 Å². The minimum absolute atomic E-state index is 0.699. The molecule has 2 N–H and O–H groups in total. The molecule has 0 saturated heterocycles. The van der Waals surface area contributed by atoms with Crippen molar-refractivity contribution in [1.82, 2.24) is 0 Å². The zero-order valence-corrected chi connectivity index (χ0v) is 9.71. The van der Waals surface area contributed by atoms with Gasteiger partial charge in [0.2, 0.25) is 0 Å². The van der Waals surface area contributed by atoms with Crippen LogP contribution in [0.1, 0.15) is 23.1 Å². The van der Waals surface area contributed by atoms with E-state index in [1.165, 1.54) is 16.7 Å². The van der Waals surface area contributed by atoms with Crippen LogP contribution in [0.4, 0.5) is 0 Å². The highest BCUT2D eigenvalue weighted by Crippen LogP contribution is 2.22. The highest BCUT2D eigenvalue weighted by atomic mass is 16.5. The molecule has 0 spiro atoms. The summed E-state index contributed by atoms with van der Waals surface area (Å²) < 4.78 is 5.21. The molecule has 0 aliphatic heterocycles. The summed E-state index contributed by atoms with van der Waals surface area (Å²) >= 11 is 0. The predicted octanol–water partition coefficient (Wildman–Crippen LogP) is 2.67. The summed E-state index contributed by atoms with van der Waals surface area (Å²) in [5.74, 6) is 0.918. The van der Waals surface area contributed by atoms with Crippen LogP contribution in [0.25, 0.3) is 6.08 Å². The predicted molar refractivity (Wildman–Crippen MR) is 65.2 cm³/mol. The number of ether oxygens (including phenoxy) is 1. The molecule has 0 fully saturated rings. The van der Waals surface area contributed by atoms with Gasteiger partial charge in [-0.15, -0.1) is 0 Å². The third-order valence-electron chi connectivity index (χ3n) is 2.42. The van der Waals surface area contributed by atoms with Crippen molar-refractivity contribution >= 4 is 6.08 Å². The lowest BCUT2D eigenvalue weighted by molar-refractivity contribution is 0.414. The molecule has 0 unspecified atom stereocenters. The summed E-state index contributed by atoms with van der Waals surface area (Å²) in [5.41, 5.74) is 9.18. The van der Waals surface area contributed by atoms with E-state index >= 15 is 0 Å². The van der Waals surface area contributed by atoms with Crippen molar-refractivity contribution in [3.05, 3.63) is 34.9 Å². The maximum atomic E-state index is 5.44. The molecule has 0 aliphatic carbocycles. The van der Waals surface area contributed by atoms with Crippen molar-refractivity contribution < 1.29 is 4.74 Å². The van der Waals surface area contributed by atoms with Gasteiger partial charge in [0.15, 0.2) is 0 Å². The second-order valence-electron chi connectivity index (χ2n) is 3.65. The third-order valence-corrected chi connectivity index (χ3v) is 2.42. The third kappa shape index (κ3) is 3.10. The molecule has 0 aliphatic rings. The largest absolute Gasteiger partial charge is 0.497 e. The Morgan fingerprint density at radius 1 is 1.27 bits per heavy atom. The first kappa shape index (κ1) is 11.8. The number of benzene rings is 1. The van der Waals surface area contributed by atoms with Gasteiger partial charge in [0.05, 0.1) is 7.11 Å². The summed E-state index contributed by atoms with van der Waals surface area (Å²) in [7, 11) is 1.69. The molecule has 0 atom stereocenters. The molecule has 0 heterocycles. The van der Waals surface area contributed by atoms with Crippen molar-refractivity contribution in [1.29, 1.82) is 0 Å². The van der Waals surface area contributed by atoms with Gasteiger partial charge in [0.25, 0.3) is 0 Å². The molecule has 2 nitrogen and oxygen atoms in total. The minimum Gasteiger partial charge on any atom is -0.497 e. The van der Waals surface area contributed by atoms with Crippen LogP contribution in [0.15, 0.2) is 18.2 Å². The SMILES string of the molecule is COc1cc(C)c(C=CCCN)c(C)c1. The topological polar surface area (TPSA) is 35.2 Å². The van der Waals surface area contributed by atoms with E-state index in [0.29, 0.717) is 6.54 Å². The van der Waals surface area contributed by atoms with Crippen LogP contribution >= 0.6 is 0 Å². The van der Waals surface area contributed by atoms with Crippen LogP contribution in [0.5, 0.6) is 5.75 Å². The first-order valence-electron chi connectivity index (χ1n) is 5.21. The molecule has 0 bridgehead atoms. The van der Waals surface area contributed by atoms with E-state index in [0.717, 1.165) is 12.2 Å². The van der Waals surface area contributed by atoms with Crippen LogP contribution in [0.3, 0.4) is 0 Å². The normalized spacial score (nSPS) is 10.9. The Labute approximate surface area is 91.7 Å². The summed E-state index contributed by atoms with van der Waals surface area (Å²) in [6.45, 7) is 4.89. The van der Waals surface area contributed by atoms with Gasteiger partial charge in [-0.3, -0.25) is 0 Å². The molecule has 2 heteroatoms. The molecule has 15 heavy (non-hydrogen) atoms. The molecule has 1 rings (SSSR count). The highest BCUT2D eigenvalue weighted by molar-refractivity contribution is 5.59. The van der Waals surface area contributed by atoms with Crippen molar-refractivity contribution in [3.8, 4) is 5.75 Å². The Morgan fingerprint density at radius 3 is 2.33 bits per heavy atom. The summed E-state index contributed by atoms with van der Waals surface area (Å²) in [5, 5.41) is 0. The number of nitrogens with two attached hydrogens (primary N) is 1. The molecular weight excluding hydrogens is 186 g/mol. The lowest BCUT2D eigenvalue weighted by Crippen LogP contribution is -1.95. The van der Waals surface area contributed by atoms with E-state index < -0.39 is 0 Å². The van der Waals surface area contributed by atoms with E-state index in [9.17, 15) is 0 Å². The monoisotopic (exact) mass is 205 g/mol. The Bertz CT molecular complexity index is 333. The fourth-order valence-electron chi connectivity index (χ4n) is 1.61. The molecule has 1 aromatic carbocycles. The van der Waals surface area contributed by atoms with Gasteiger partial charge in [-0.1, -0.05) is 12.2 Å². The van der Waals surface area contributed by atoms with Crippen molar-refractivity contribution in [2.24, 2.45) is 5.73 Å². The van der Waals surface area contributed by atoms with Crippen molar-refractivity contribution in [2.75, 3.05) is 13.7 Å². The number of hydrogen-bond donors (Lipinski definition) is 1. The first-order chi connectivity index (χ1) is 7.19. The van der Waals surface area contributed by atoms with Crippen LogP contribution in [-0.4, -0.2) is 13.7 Å². The summed E-state index contributed by atoms with van der Waals surface area (Å²) in [4.78, 5) is 0. The first-order valence-corrected chi connectivity index (χ1v) is 5.21. The second-order valence-corrected chi connectivity index (χ2v) is 3.65. The zero-order chi connectivity index (χ0) is 11.3. The molecule has 0 radical (unpaired) electrons. The van der Waals surface area contributed by atoms with Crippen LogP contribution in [-0.2, 0) is 0 Å². The minimum atomic E-state index is 0.699. The number of rotatable bonds is 4. The lowest BCUT2D eigenvalue weighted by atomic mass is 10.0. The van der Waals surface area contributed by atoms with Gasteiger partial charge in [-0.05, 0) is 55.6 Å². The number of methoxy groups -OCH3 is 1. The smallest absolute Gasteiger partial charge is 0.119 e. The Balaban J connectivity index is 2.98. The summed E-state index contributed by atoms with van der Waals surface area (Å²) in [6.07, 6.45) is 5.17. The van der Waals surface area contributed by atoms with Gasteiger partial charge in [-0.2, -0.15) is 0 Å². The van der Waals surface area contributed by atoms with Gasteiger partial charge in [0, 0.05) is 0 Å². The van der Waals surface area contributed by atoms with Gasteiger partial charge < -0.3 is 10.5 Å².